The van der Waals surface area contributed by atoms with Crippen LogP contribution in [0.3, 0.4) is 0 Å². The van der Waals surface area contributed by atoms with E-state index in [1.165, 1.54) is 76.3 Å². The van der Waals surface area contributed by atoms with Crippen molar-refractivity contribution in [3.63, 3.8) is 0 Å². The van der Waals surface area contributed by atoms with Gasteiger partial charge in [0.15, 0.2) is 0 Å². The van der Waals surface area contributed by atoms with Gasteiger partial charge in [-0.2, -0.15) is 0 Å². The lowest BCUT2D eigenvalue weighted by molar-refractivity contribution is 0.140. The lowest BCUT2D eigenvalue weighted by Gasteiger charge is -2.34. The molecule has 1 aromatic rings. The summed E-state index contributed by atoms with van der Waals surface area (Å²) in [5.74, 6) is 0. The number of benzene rings is 1. The Bertz CT molecular complexity index is 583. The second-order valence-electron chi connectivity index (χ2n) is 11.4. The summed E-state index contributed by atoms with van der Waals surface area (Å²) in [7, 11) is 0. The van der Waals surface area contributed by atoms with Gasteiger partial charge in [-0.3, -0.25) is 19.6 Å². The van der Waals surface area contributed by atoms with E-state index in [0.717, 1.165) is 13.1 Å². The molecule has 1 aromatic carbocycles. The van der Waals surface area contributed by atoms with Crippen LogP contribution in [0.4, 0.5) is 0 Å². The minimum atomic E-state index is 0.287. The van der Waals surface area contributed by atoms with Gasteiger partial charge in [-0.1, -0.05) is 24.3 Å². The van der Waals surface area contributed by atoms with Gasteiger partial charge in [-0.15, -0.1) is 0 Å². The first kappa shape index (κ1) is 23.7. The molecule has 2 saturated heterocycles. The summed E-state index contributed by atoms with van der Waals surface area (Å²) in [5, 5.41) is 0. The molecule has 0 aliphatic carbocycles. The molecule has 2 heterocycles. The van der Waals surface area contributed by atoms with Crippen molar-refractivity contribution in [2.45, 2.75) is 78.6 Å². The van der Waals surface area contributed by atoms with E-state index in [4.69, 9.17) is 0 Å². The second-order valence-corrected chi connectivity index (χ2v) is 11.4. The average Bonchev–Trinajstić information content (AvgIpc) is 3.03. The van der Waals surface area contributed by atoms with E-state index in [-0.39, 0.29) is 11.1 Å². The number of nitrogens with zero attached hydrogens (tertiary/aromatic N) is 4. The fourth-order valence-electron chi connectivity index (χ4n) is 4.87. The topological polar surface area (TPSA) is 13.0 Å². The molecule has 0 spiro atoms. The zero-order valence-electron chi connectivity index (χ0n) is 20.6. The third-order valence-electron chi connectivity index (χ3n) is 6.91. The summed E-state index contributed by atoms with van der Waals surface area (Å²) in [6.45, 7) is 25.8. The predicted octanol–water partition coefficient (Wildman–Crippen LogP) is 4.30. The molecule has 170 valence electrons. The molecule has 2 fully saturated rings. The van der Waals surface area contributed by atoms with Gasteiger partial charge in [-0.05, 0) is 91.7 Å². The zero-order chi connectivity index (χ0) is 21.8. The van der Waals surface area contributed by atoms with Crippen molar-refractivity contribution in [2.24, 2.45) is 0 Å². The molecule has 3 rings (SSSR count). The van der Waals surface area contributed by atoms with Crippen molar-refractivity contribution < 1.29 is 0 Å². The zero-order valence-corrected chi connectivity index (χ0v) is 20.6. The Morgan fingerprint density at radius 3 is 1.23 bits per heavy atom. The SMILES string of the molecule is CC(C)(C)N1CCCN(Cc2ccc(CN3CCCN(C(C)(C)C)CC3)cc2)CC1. The quantitative estimate of drug-likeness (QED) is 0.728. The summed E-state index contributed by atoms with van der Waals surface area (Å²) in [5.41, 5.74) is 3.49. The van der Waals surface area contributed by atoms with E-state index < -0.39 is 0 Å². The largest absolute Gasteiger partial charge is 0.298 e. The minimum Gasteiger partial charge on any atom is -0.298 e. The molecule has 0 unspecified atom stereocenters. The van der Waals surface area contributed by atoms with Crippen LogP contribution in [-0.2, 0) is 13.1 Å². The van der Waals surface area contributed by atoms with Gasteiger partial charge < -0.3 is 0 Å². The molecule has 0 atom stereocenters. The van der Waals surface area contributed by atoms with Crippen LogP contribution in [0.5, 0.6) is 0 Å². The van der Waals surface area contributed by atoms with E-state index in [2.05, 4.69) is 85.4 Å². The molecule has 0 radical (unpaired) electrons. The van der Waals surface area contributed by atoms with Crippen LogP contribution in [0.15, 0.2) is 24.3 Å². The number of rotatable bonds is 4. The average molecular weight is 415 g/mol. The van der Waals surface area contributed by atoms with Crippen molar-refractivity contribution in [1.29, 1.82) is 0 Å². The summed E-state index contributed by atoms with van der Waals surface area (Å²) in [4.78, 5) is 10.5. The molecular weight excluding hydrogens is 368 g/mol. The first-order valence-corrected chi connectivity index (χ1v) is 12.1. The van der Waals surface area contributed by atoms with Crippen molar-refractivity contribution in [1.82, 2.24) is 19.6 Å². The lowest BCUT2D eigenvalue weighted by Crippen LogP contribution is -2.43. The van der Waals surface area contributed by atoms with Gasteiger partial charge in [-0.25, -0.2) is 0 Å². The molecule has 0 saturated carbocycles. The van der Waals surface area contributed by atoms with Crippen molar-refractivity contribution >= 4 is 0 Å². The maximum absolute atomic E-state index is 2.64. The first-order chi connectivity index (χ1) is 14.1. The Kier molecular flexibility index (Phi) is 8.00. The second kappa shape index (κ2) is 10.1. The summed E-state index contributed by atoms with van der Waals surface area (Å²) in [6, 6.07) is 9.45. The van der Waals surface area contributed by atoms with Gasteiger partial charge in [0.1, 0.15) is 0 Å². The highest BCUT2D eigenvalue weighted by atomic mass is 15.3. The maximum Gasteiger partial charge on any atom is 0.0234 e. The smallest absolute Gasteiger partial charge is 0.0234 e. The third-order valence-corrected chi connectivity index (χ3v) is 6.91. The summed E-state index contributed by atoms with van der Waals surface area (Å²) >= 11 is 0. The normalized spacial score (nSPS) is 22.1. The molecule has 4 nitrogen and oxygen atoms in total. The van der Waals surface area contributed by atoms with Gasteiger partial charge in [0.25, 0.3) is 0 Å². The Morgan fingerprint density at radius 2 is 0.900 bits per heavy atom. The van der Waals surface area contributed by atoms with Crippen LogP contribution in [0, 0.1) is 0 Å². The van der Waals surface area contributed by atoms with Crippen LogP contribution in [-0.4, -0.2) is 83.0 Å². The Labute approximate surface area is 186 Å². The Hall–Kier alpha value is -0.940. The van der Waals surface area contributed by atoms with Gasteiger partial charge in [0.2, 0.25) is 0 Å². The molecule has 0 aromatic heterocycles. The van der Waals surface area contributed by atoms with Gasteiger partial charge in [0.05, 0.1) is 0 Å². The third kappa shape index (κ3) is 7.05. The van der Waals surface area contributed by atoms with E-state index in [9.17, 15) is 0 Å². The van der Waals surface area contributed by atoms with Crippen LogP contribution in [0.2, 0.25) is 0 Å². The minimum absolute atomic E-state index is 0.287. The van der Waals surface area contributed by atoms with Gasteiger partial charge in [0, 0.05) is 50.3 Å². The molecule has 0 N–H and O–H groups in total. The van der Waals surface area contributed by atoms with E-state index >= 15 is 0 Å². The summed E-state index contributed by atoms with van der Waals surface area (Å²) < 4.78 is 0. The fraction of sp³-hybridized carbons (Fsp3) is 0.769. The highest BCUT2D eigenvalue weighted by Crippen LogP contribution is 2.19. The standard InChI is InChI=1S/C26H46N4/c1-25(2,3)29-15-7-13-27(17-19-29)21-23-9-11-24(12-10-23)22-28-14-8-16-30(20-18-28)26(4,5)6/h9-12H,7-8,13-22H2,1-6H3. The molecule has 0 bridgehead atoms. The van der Waals surface area contributed by atoms with Crippen molar-refractivity contribution in [3.05, 3.63) is 35.4 Å². The van der Waals surface area contributed by atoms with E-state index in [1.54, 1.807) is 0 Å². The summed E-state index contributed by atoms with van der Waals surface area (Å²) in [6.07, 6.45) is 2.55. The highest BCUT2D eigenvalue weighted by molar-refractivity contribution is 5.22. The Balaban J connectivity index is 1.48. The lowest BCUT2D eigenvalue weighted by atomic mass is 10.1. The molecule has 0 amide bonds. The Morgan fingerprint density at radius 1 is 0.533 bits per heavy atom. The van der Waals surface area contributed by atoms with Gasteiger partial charge >= 0.3 is 0 Å². The monoisotopic (exact) mass is 414 g/mol. The van der Waals surface area contributed by atoms with Crippen LogP contribution in [0.1, 0.15) is 65.5 Å². The van der Waals surface area contributed by atoms with Crippen LogP contribution < -0.4 is 0 Å². The van der Waals surface area contributed by atoms with Crippen molar-refractivity contribution in [2.75, 3.05) is 52.4 Å². The predicted molar refractivity (Wildman–Crippen MR) is 129 cm³/mol. The first-order valence-electron chi connectivity index (χ1n) is 12.1. The van der Waals surface area contributed by atoms with E-state index in [0.29, 0.717) is 0 Å². The molecule has 2 aliphatic heterocycles. The molecular formula is C26H46N4. The van der Waals surface area contributed by atoms with Crippen LogP contribution in [0.25, 0.3) is 0 Å². The molecule has 30 heavy (non-hydrogen) atoms. The fourth-order valence-corrected chi connectivity index (χ4v) is 4.87. The van der Waals surface area contributed by atoms with Crippen molar-refractivity contribution in [3.8, 4) is 0 Å². The number of hydrogen-bond acceptors (Lipinski definition) is 4. The van der Waals surface area contributed by atoms with Crippen LogP contribution >= 0.6 is 0 Å². The number of hydrogen-bond donors (Lipinski definition) is 0. The maximum atomic E-state index is 2.64. The molecule has 2 aliphatic rings. The molecule has 4 heteroatoms. The highest BCUT2D eigenvalue weighted by Gasteiger charge is 2.25. The van der Waals surface area contributed by atoms with E-state index in [1.807, 2.05) is 0 Å².